The summed E-state index contributed by atoms with van der Waals surface area (Å²) in [6.07, 6.45) is 0. The molecular weight excluding hydrogens is 340 g/mol. The summed E-state index contributed by atoms with van der Waals surface area (Å²) in [7, 11) is 3.46. The average Bonchev–Trinajstić information content (AvgIpc) is 2.73. The number of nitrogens with zero attached hydrogens (tertiary/aromatic N) is 2. The van der Waals surface area contributed by atoms with Gasteiger partial charge in [-0.1, -0.05) is 30.7 Å². The van der Waals surface area contributed by atoms with Crippen LogP contribution >= 0.6 is 11.6 Å². The second kappa shape index (κ2) is 6.84. The molecule has 0 aliphatic carbocycles. The van der Waals surface area contributed by atoms with E-state index in [1.165, 1.54) is 19.2 Å². The molecular formula is C19H21ClN2O3. The van der Waals surface area contributed by atoms with Crippen LogP contribution in [-0.4, -0.2) is 38.3 Å². The molecule has 1 amide bonds. The SMILES string of the molecule is COc1cc(C(=O)N2CC(C)CN(C)c3ccccc32)cc(Cl)c1O. The van der Waals surface area contributed by atoms with E-state index >= 15 is 0 Å². The molecule has 0 saturated heterocycles. The number of amides is 1. The van der Waals surface area contributed by atoms with Crippen LogP contribution in [0.25, 0.3) is 0 Å². The van der Waals surface area contributed by atoms with E-state index in [1.54, 1.807) is 4.90 Å². The Balaban J connectivity index is 2.07. The third-order valence-corrected chi connectivity index (χ3v) is 4.69. The van der Waals surface area contributed by atoms with Crippen molar-refractivity contribution in [1.29, 1.82) is 0 Å². The summed E-state index contributed by atoms with van der Waals surface area (Å²) >= 11 is 6.06. The van der Waals surface area contributed by atoms with Crippen LogP contribution in [0.5, 0.6) is 11.5 Å². The van der Waals surface area contributed by atoms with Gasteiger partial charge in [0.05, 0.1) is 23.5 Å². The first kappa shape index (κ1) is 17.4. The second-order valence-electron chi connectivity index (χ2n) is 6.40. The Morgan fingerprint density at radius 3 is 2.60 bits per heavy atom. The number of para-hydroxylation sites is 2. The number of aromatic hydroxyl groups is 1. The molecule has 0 aromatic heterocycles. The number of hydrogen-bond acceptors (Lipinski definition) is 4. The summed E-state index contributed by atoms with van der Waals surface area (Å²) in [6, 6.07) is 10.8. The smallest absolute Gasteiger partial charge is 0.258 e. The van der Waals surface area contributed by atoms with Gasteiger partial charge >= 0.3 is 0 Å². The third-order valence-electron chi connectivity index (χ3n) is 4.40. The summed E-state index contributed by atoms with van der Waals surface area (Å²) in [6.45, 7) is 3.58. The maximum absolute atomic E-state index is 13.2. The van der Waals surface area contributed by atoms with Gasteiger partial charge in [0.25, 0.3) is 5.91 Å². The second-order valence-corrected chi connectivity index (χ2v) is 6.81. The lowest BCUT2D eigenvalue weighted by Crippen LogP contribution is -2.35. The quantitative estimate of drug-likeness (QED) is 0.885. The number of fused-ring (bicyclic) bond motifs is 1. The van der Waals surface area contributed by atoms with Crippen LogP contribution in [0.4, 0.5) is 11.4 Å². The zero-order valence-electron chi connectivity index (χ0n) is 14.5. The van der Waals surface area contributed by atoms with Crippen LogP contribution < -0.4 is 14.5 Å². The molecule has 0 saturated carbocycles. The molecule has 1 aliphatic rings. The zero-order chi connectivity index (χ0) is 18.1. The Bertz CT molecular complexity index is 809. The highest BCUT2D eigenvalue weighted by Crippen LogP contribution is 2.37. The fourth-order valence-corrected chi connectivity index (χ4v) is 3.46. The van der Waals surface area contributed by atoms with Crippen LogP contribution in [0.15, 0.2) is 36.4 Å². The monoisotopic (exact) mass is 360 g/mol. The van der Waals surface area contributed by atoms with Crippen molar-refractivity contribution in [3.63, 3.8) is 0 Å². The molecule has 2 aromatic rings. The van der Waals surface area contributed by atoms with Gasteiger partial charge in [0, 0.05) is 25.7 Å². The highest BCUT2D eigenvalue weighted by atomic mass is 35.5. The fraction of sp³-hybridized carbons (Fsp3) is 0.316. The Hall–Kier alpha value is -2.40. The number of carbonyl (C=O) groups is 1. The van der Waals surface area contributed by atoms with Crippen molar-refractivity contribution in [3.05, 3.63) is 47.0 Å². The highest BCUT2D eigenvalue weighted by molar-refractivity contribution is 6.32. The molecule has 0 spiro atoms. The molecule has 0 radical (unpaired) electrons. The van der Waals surface area contributed by atoms with E-state index in [-0.39, 0.29) is 22.4 Å². The normalized spacial score (nSPS) is 17.0. The summed E-state index contributed by atoms with van der Waals surface area (Å²) in [5, 5.41) is 10.00. The molecule has 1 aliphatic heterocycles. The summed E-state index contributed by atoms with van der Waals surface area (Å²) in [4.78, 5) is 17.1. The van der Waals surface area contributed by atoms with E-state index in [4.69, 9.17) is 16.3 Å². The number of hydrogen-bond donors (Lipinski definition) is 1. The maximum Gasteiger partial charge on any atom is 0.258 e. The van der Waals surface area contributed by atoms with E-state index < -0.39 is 0 Å². The van der Waals surface area contributed by atoms with Gasteiger partial charge in [-0.05, 0) is 30.2 Å². The molecule has 1 N–H and O–H groups in total. The molecule has 1 unspecified atom stereocenters. The van der Waals surface area contributed by atoms with Gasteiger partial charge < -0.3 is 19.6 Å². The number of anilines is 2. The Morgan fingerprint density at radius 2 is 1.92 bits per heavy atom. The van der Waals surface area contributed by atoms with Crippen LogP contribution in [-0.2, 0) is 0 Å². The van der Waals surface area contributed by atoms with Crippen LogP contribution in [0.2, 0.25) is 5.02 Å². The van der Waals surface area contributed by atoms with Crippen molar-refractivity contribution in [1.82, 2.24) is 0 Å². The number of methoxy groups -OCH3 is 1. The Labute approximate surface area is 152 Å². The average molecular weight is 361 g/mol. The number of phenols is 1. The molecule has 1 atom stereocenters. The molecule has 5 nitrogen and oxygen atoms in total. The van der Waals surface area contributed by atoms with E-state index in [0.717, 1.165) is 17.9 Å². The first-order chi connectivity index (χ1) is 11.9. The van der Waals surface area contributed by atoms with Gasteiger partial charge in [-0.3, -0.25) is 4.79 Å². The van der Waals surface area contributed by atoms with Gasteiger partial charge in [-0.25, -0.2) is 0 Å². The van der Waals surface area contributed by atoms with Crippen molar-refractivity contribution < 1.29 is 14.6 Å². The van der Waals surface area contributed by atoms with Crippen molar-refractivity contribution in [2.45, 2.75) is 6.92 Å². The Morgan fingerprint density at radius 1 is 1.24 bits per heavy atom. The molecule has 6 heteroatoms. The van der Waals surface area contributed by atoms with Crippen molar-refractivity contribution in [2.24, 2.45) is 5.92 Å². The van der Waals surface area contributed by atoms with Gasteiger partial charge in [0.1, 0.15) is 0 Å². The van der Waals surface area contributed by atoms with Crippen molar-refractivity contribution in [3.8, 4) is 11.5 Å². The summed E-state index contributed by atoms with van der Waals surface area (Å²) < 4.78 is 5.12. The molecule has 132 valence electrons. The minimum atomic E-state index is -0.171. The minimum Gasteiger partial charge on any atom is -0.503 e. The molecule has 0 fully saturated rings. The van der Waals surface area contributed by atoms with Crippen LogP contribution in [0, 0.1) is 5.92 Å². The minimum absolute atomic E-state index is 0.0935. The number of rotatable bonds is 2. The van der Waals surface area contributed by atoms with E-state index in [1.807, 2.05) is 31.3 Å². The number of phenolic OH excluding ortho intramolecular Hbond substituents is 1. The molecule has 0 bridgehead atoms. The highest BCUT2D eigenvalue weighted by Gasteiger charge is 2.28. The number of halogens is 1. The standard InChI is InChI=1S/C19H21ClN2O3/c1-12-10-21(2)15-6-4-5-7-16(15)22(11-12)19(24)13-8-14(20)18(23)17(9-13)25-3/h4-9,12,23H,10-11H2,1-3H3. The topological polar surface area (TPSA) is 53.0 Å². The van der Waals surface area contributed by atoms with Crippen molar-refractivity contribution in [2.75, 3.05) is 37.0 Å². The summed E-state index contributed by atoms with van der Waals surface area (Å²) in [5.41, 5.74) is 2.26. The number of benzene rings is 2. The van der Waals surface area contributed by atoms with Crippen molar-refractivity contribution >= 4 is 28.9 Å². The first-order valence-corrected chi connectivity index (χ1v) is 8.48. The van der Waals surface area contributed by atoms with Gasteiger partial charge in [-0.15, -0.1) is 0 Å². The largest absolute Gasteiger partial charge is 0.503 e. The summed E-state index contributed by atoms with van der Waals surface area (Å²) in [5.74, 6) is 0.153. The fourth-order valence-electron chi connectivity index (χ4n) is 3.25. The van der Waals surface area contributed by atoms with Crippen LogP contribution in [0.3, 0.4) is 0 Å². The zero-order valence-corrected chi connectivity index (χ0v) is 15.2. The predicted molar refractivity (Wildman–Crippen MR) is 100 cm³/mol. The van der Waals surface area contributed by atoms with Gasteiger partial charge in [-0.2, -0.15) is 0 Å². The molecule has 2 aromatic carbocycles. The van der Waals surface area contributed by atoms with Gasteiger partial charge in [0.15, 0.2) is 11.5 Å². The maximum atomic E-state index is 13.2. The molecule has 25 heavy (non-hydrogen) atoms. The lowest BCUT2D eigenvalue weighted by atomic mass is 10.1. The van der Waals surface area contributed by atoms with Crippen LogP contribution in [0.1, 0.15) is 17.3 Å². The molecule has 3 rings (SSSR count). The van der Waals surface area contributed by atoms with E-state index in [0.29, 0.717) is 18.0 Å². The first-order valence-electron chi connectivity index (χ1n) is 8.11. The van der Waals surface area contributed by atoms with E-state index in [9.17, 15) is 9.90 Å². The Kier molecular flexibility index (Phi) is 4.77. The van der Waals surface area contributed by atoms with Gasteiger partial charge in [0.2, 0.25) is 0 Å². The lowest BCUT2D eigenvalue weighted by molar-refractivity contribution is 0.0984. The lowest BCUT2D eigenvalue weighted by Gasteiger charge is -2.25. The third kappa shape index (κ3) is 3.24. The van der Waals surface area contributed by atoms with E-state index in [2.05, 4.69) is 11.8 Å². The number of carbonyl (C=O) groups excluding carboxylic acids is 1. The number of ether oxygens (including phenoxy) is 1. The molecule has 1 heterocycles. The predicted octanol–water partition coefficient (Wildman–Crippen LogP) is 3.79.